The van der Waals surface area contributed by atoms with E-state index in [1.54, 1.807) is 6.07 Å². The molecule has 92 valence electrons. The van der Waals surface area contributed by atoms with E-state index in [0.29, 0.717) is 0 Å². The molecule has 0 aliphatic heterocycles. The Morgan fingerprint density at radius 3 is 2.37 bits per heavy atom. The highest BCUT2D eigenvalue weighted by molar-refractivity contribution is 6.33. The number of non-ortho nitro benzene ring substituents is 1. The molecule has 1 aromatic rings. The maximum Gasteiger partial charge on any atom is 0.271 e. The highest BCUT2D eigenvalue weighted by Crippen LogP contribution is 2.28. The van der Waals surface area contributed by atoms with E-state index < -0.39 is 10.5 Å². The van der Waals surface area contributed by atoms with Crippen LogP contribution in [0.1, 0.15) is 0 Å². The molecule has 0 saturated heterocycles. The van der Waals surface area contributed by atoms with Crippen LogP contribution in [-0.4, -0.2) is 4.92 Å². The summed E-state index contributed by atoms with van der Waals surface area (Å²) in [5, 5.41) is 39.3. The fourth-order valence-electron chi connectivity index (χ4n) is 1.14. The first-order chi connectivity index (χ1) is 9.03. The van der Waals surface area contributed by atoms with Crippen LogP contribution in [0, 0.1) is 44.1 Å². The molecule has 8 heteroatoms. The molecule has 1 N–H and O–H groups in total. The summed E-state index contributed by atoms with van der Waals surface area (Å²) < 4.78 is 0. The average molecular weight is 274 g/mol. The molecule has 7 nitrogen and oxygen atoms in total. The van der Waals surface area contributed by atoms with E-state index in [9.17, 15) is 10.1 Å². The zero-order valence-electron chi connectivity index (χ0n) is 9.22. The second-order valence-electron chi connectivity index (χ2n) is 3.13. The number of hydrogen-bond acceptors (Lipinski definition) is 6. The molecule has 0 radical (unpaired) electrons. The van der Waals surface area contributed by atoms with Crippen LogP contribution in [0.15, 0.2) is 29.5 Å². The van der Waals surface area contributed by atoms with Crippen LogP contribution in [-0.2, 0) is 0 Å². The van der Waals surface area contributed by atoms with E-state index in [0.717, 1.165) is 6.07 Å². The Hall–Kier alpha value is -3.08. The molecule has 0 saturated carbocycles. The summed E-state index contributed by atoms with van der Waals surface area (Å²) in [7, 11) is 0. The Bertz CT molecular complexity index is 675. The fraction of sp³-hybridized carbons (Fsp3) is 0. The summed E-state index contributed by atoms with van der Waals surface area (Å²) in [5.74, 6) is 0. The van der Waals surface area contributed by atoms with Crippen molar-refractivity contribution in [1.29, 1.82) is 15.8 Å². The second-order valence-corrected chi connectivity index (χ2v) is 3.54. The van der Waals surface area contributed by atoms with Crippen molar-refractivity contribution in [2.24, 2.45) is 0 Å². The van der Waals surface area contributed by atoms with Gasteiger partial charge in [-0.25, -0.2) is 0 Å². The van der Waals surface area contributed by atoms with E-state index in [-0.39, 0.29) is 22.1 Å². The van der Waals surface area contributed by atoms with Crippen LogP contribution in [0.4, 0.5) is 11.4 Å². The highest BCUT2D eigenvalue weighted by Gasteiger charge is 2.12. The maximum atomic E-state index is 10.6. The topological polar surface area (TPSA) is 127 Å². The van der Waals surface area contributed by atoms with Crippen LogP contribution >= 0.6 is 11.6 Å². The number of nitrogens with zero attached hydrogens (tertiary/aromatic N) is 4. The first-order valence-corrected chi connectivity index (χ1v) is 5.06. The minimum Gasteiger partial charge on any atom is -0.344 e. The number of allylic oxidation sites excluding steroid dienone is 2. The van der Waals surface area contributed by atoms with E-state index in [2.05, 4.69) is 5.32 Å². The summed E-state index contributed by atoms with van der Waals surface area (Å²) in [6, 6.07) is 8.27. The Labute approximate surface area is 112 Å². The van der Waals surface area contributed by atoms with Crippen molar-refractivity contribution in [3.63, 3.8) is 0 Å². The summed E-state index contributed by atoms with van der Waals surface area (Å²) in [6.07, 6.45) is 0. The molecule has 19 heavy (non-hydrogen) atoms. The van der Waals surface area contributed by atoms with Gasteiger partial charge in [-0.2, -0.15) is 15.8 Å². The number of halogens is 1. The van der Waals surface area contributed by atoms with E-state index in [1.165, 1.54) is 24.3 Å². The number of anilines is 1. The van der Waals surface area contributed by atoms with Crippen molar-refractivity contribution in [2.75, 3.05) is 5.32 Å². The molecular formula is C11H4ClN5O2. The molecule has 0 amide bonds. The van der Waals surface area contributed by atoms with Gasteiger partial charge in [-0.3, -0.25) is 10.1 Å². The third kappa shape index (κ3) is 3.19. The van der Waals surface area contributed by atoms with Crippen molar-refractivity contribution < 1.29 is 4.92 Å². The molecule has 0 bridgehead atoms. The zero-order valence-corrected chi connectivity index (χ0v) is 9.97. The van der Waals surface area contributed by atoms with E-state index in [1.807, 2.05) is 0 Å². The monoisotopic (exact) mass is 273 g/mol. The van der Waals surface area contributed by atoms with Crippen molar-refractivity contribution in [1.82, 2.24) is 0 Å². The standard InChI is InChI=1S/C11H4ClN5O2/c12-9-2-1-8(17(18)19)3-10(9)16-11(6-15)7(4-13)5-14/h1-3,16H. The van der Waals surface area contributed by atoms with Gasteiger partial charge in [0, 0.05) is 12.1 Å². The Morgan fingerprint density at radius 2 is 1.89 bits per heavy atom. The van der Waals surface area contributed by atoms with Gasteiger partial charge in [-0.05, 0) is 6.07 Å². The summed E-state index contributed by atoms with van der Waals surface area (Å²) in [6.45, 7) is 0. The third-order valence-electron chi connectivity index (χ3n) is 2.01. The molecule has 0 heterocycles. The lowest BCUT2D eigenvalue weighted by atomic mass is 10.2. The van der Waals surface area contributed by atoms with Crippen LogP contribution in [0.3, 0.4) is 0 Å². The minimum atomic E-state index is -0.632. The fourth-order valence-corrected chi connectivity index (χ4v) is 1.31. The first kappa shape index (κ1) is 14.0. The van der Waals surface area contributed by atoms with Gasteiger partial charge in [0.2, 0.25) is 0 Å². The molecule has 0 spiro atoms. The third-order valence-corrected chi connectivity index (χ3v) is 2.34. The maximum absolute atomic E-state index is 10.6. The van der Waals surface area contributed by atoms with Gasteiger partial charge in [-0.1, -0.05) is 11.6 Å². The Balaban J connectivity index is 3.27. The van der Waals surface area contributed by atoms with Gasteiger partial charge in [0.15, 0.2) is 5.57 Å². The average Bonchev–Trinajstić information content (AvgIpc) is 2.40. The molecular weight excluding hydrogens is 270 g/mol. The molecule has 0 unspecified atom stereocenters. The van der Waals surface area contributed by atoms with Crippen molar-refractivity contribution in [2.45, 2.75) is 0 Å². The SMILES string of the molecule is N#CC(C#N)=C(C#N)Nc1cc([N+](=O)[O-])ccc1Cl. The lowest BCUT2D eigenvalue weighted by molar-refractivity contribution is -0.384. The first-order valence-electron chi connectivity index (χ1n) is 4.69. The molecule has 0 aromatic heterocycles. The summed E-state index contributed by atoms with van der Waals surface area (Å²) in [4.78, 5) is 9.99. The van der Waals surface area contributed by atoms with Crippen LogP contribution < -0.4 is 5.32 Å². The van der Waals surface area contributed by atoms with Gasteiger partial charge in [0.25, 0.3) is 5.69 Å². The number of benzene rings is 1. The predicted octanol–water partition coefficient (Wildman–Crippen LogP) is 2.48. The number of nitro benzene ring substituents is 1. The highest BCUT2D eigenvalue weighted by atomic mass is 35.5. The summed E-state index contributed by atoms with van der Waals surface area (Å²) >= 11 is 5.81. The number of nitrogens with one attached hydrogen (secondary N) is 1. The quantitative estimate of drug-likeness (QED) is 0.512. The Kier molecular flexibility index (Phi) is 4.43. The lowest BCUT2D eigenvalue weighted by Gasteiger charge is -2.06. The van der Waals surface area contributed by atoms with Gasteiger partial charge in [-0.15, -0.1) is 0 Å². The number of hydrogen-bond donors (Lipinski definition) is 1. The van der Waals surface area contributed by atoms with Gasteiger partial charge in [0.05, 0.1) is 15.6 Å². The minimum absolute atomic E-state index is 0.0652. The van der Waals surface area contributed by atoms with Gasteiger partial charge >= 0.3 is 0 Å². The number of rotatable bonds is 3. The molecule has 1 aromatic carbocycles. The van der Waals surface area contributed by atoms with E-state index in [4.69, 9.17) is 27.4 Å². The molecule has 1 rings (SSSR count). The lowest BCUT2D eigenvalue weighted by Crippen LogP contribution is -2.02. The van der Waals surface area contributed by atoms with Crippen molar-refractivity contribution in [3.05, 3.63) is 44.6 Å². The molecule has 0 aliphatic rings. The normalized spacial score (nSPS) is 8.53. The van der Waals surface area contributed by atoms with Crippen molar-refractivity contribution >= 4 is 23.0 Å². The summed E-state index contributed by atoms with van der Waals surface area (Å²) in [5.41, 5.74) is -0.937. The second kappa shape index (κ2) is 6.02. The predicted molar refractivity (Wildman–Crippen MR) is 65.6 cm³/mol. The molecule has 0 atom stereocenters. The number of nitriles is 3. The van der Waals surface area contributed by atoms with Gasteiger partial charge in [0.1, 0.15) is 23.9 Å². The molecule has 0 fully saturated rings. The van der Waals surface area contributed by atoms with E-state index >= 15 is 0 Å². The van der Waals surface area contributed by atoms with Crippen molar-refractivity contribution in [3.8, 4) is 18.2 Å². The number of nitro groups is 1. The van der Waals surface area contributed by atoms with Gasteiger partial charge < -0.3 is 5.32 Å². The van der Waals surface area contributed by atoms with Crippen LogP contribution in [0.5, 0.6) is 0 Å². The van der Waals surface area contributed by atoms with Crippen LogP contribution in [0.25, 0.3) is 0 Å². The smallest absolute Gasteiger partial charge is 0.271 e. The Morgan fingerprint density at radius 1 is 1.26 bits per heavy atom. The molecule has 0 aliphatic carbocycles. The largest absolute Gasteiger partial charge is 0.344 e. The van der Waals surface area contributed by atoms with Crippen LogP contribution in [0.2, 0.25) is 5.02 Å². The zero-order chi connectivity index (χ0) is 14.4.